The number of anilines is 1. The minimum atomic E-state index is -3.14. The molecule has 0 aliphatic carbocycles. The number of nitrogen functional groups attached to an aromatic ring is 1. The highest BCUT2D eigenvalue weighted by atomic mass is 32.2. The molecule has 0 aliphatic rings. The van der Waals surface area contributed by atoms with Crippen LogP contribution in [0.15, 0.2) is 12.1 Å². The lowest BCUT2D eigenvalue weighted by Gasteiger charge is -2.07. The van der Waals surface area contributed by atoms with Gasteiger partial charge in [0.1, 0.15) is 21.5 Å². The topological polar surface area (TPSA) is 86.5 Å². The summed E-state index contributed by atoms with van der Waals surface area (Å²) in [4.78, 5) is 11.5. The van der Waals surface area contributed by atoms with E-state index in [0.717, 1.165) is 0 Å². The average Bonchev–Trinajstić information content (AvgIpc) is 2.38. The van der Waals surface area contributed by atoms with Crippen LogP contribution in [-0.2, 0) is 14.6 Å². The second-order valence-electron chi connectivity index (χ2n) is 4.08. The number of esters is 1. The zero-order valence-electron chi connectivity index (χ0n) is 10.9. The second-order valence-corrected chi connectivity index (χ2v) is 6.55. The van der Waals surface area contributed by atoms with Gasteiger partial charge in [-0.05, 0) is 12.5 Å². The van der Waals surface area contributed by atoms with Crippen molar-refractivity contribution in [2.75, 3.05) is 23.8 Å². The third-order valence-electron chi connectivity index (χ3n) is 2.58. The molecule has 0 fully saturated rings. The lowest BCUT2D eigenvalue weighted by molar-refractivity contribution is 0.0500. The maximum absolute atomic E-state index is 13.4. The molecule has 1 aromatic carbocycles. The van der Waals surface area contributed by atoms with E-state index >= 15 is 0 Å². The molecule has 1 rings (SSSR count). The molecule has 0 saturated heterocycles. The van der Waals surface area contributed by atoms with Crippen LogP contribution in [0.5, 0.6) is 0 Å². The van der Waals surface area contributed by atoms with Gasteiger partial charge in [0, 0.05) is 11.8 Å². The Morgan fingerprint density at radius 3 is 2.55 bits per heavy atom. The number of carbonyl (C=O) groups is 1. The molecule has 5 nitrogen and oxygen atoms in total. The van der Waals surface area contributed by atoms with Gasteiger partial charge in [0.25, 0.3) is 0 Å². The highest BCUT2D eigenvalue weighted by Crippen LogP contribution is 2.17. The van der Waals surface area contributed by atoms with E-state index in [9.17, 15) is 22.0 Å². The first-order valence-corrected chi connectivity index (χ1v) is 7.71. The van der Waals surface area contributed by atoms with E-state index in [-0.39, 0.29) is 24.5 Å². The lowest BCUT2D eigenvalue weighted by atomic mass is 10.2. The minimum Gasteiger partial charge on any atom is -0.462 e. The highest BCUT2D eigenvalue weighted by Gasteiger charge is 2.16. The molecule has 2 N–H and O–H groups in total. The van der Waals surface area contributed by atoms with E-state index in [1.165, 1.54) is 6.92 Å². The summed E-state index contributed by atoms with van der Waals surface area (Å²) in [7, 11) is -3.14. The first-order chi connectivity index (χ1) is 9.26. The summed E-state index contributed by atoms with van der Waals surface area (Å²) in [6.45, 7) is 1.32. The SMILES string of the molecule is CCS(=O)(=O)CCCOC(=O)c1cc(F)c(N)cc1F. The molecular weight excluding hydrogens is 292 g/mol. The van der Waals surface area contributed by atoms with Crippen molar-refractivity contribution in [1.29, 1.82) is 0 Å². The van der Waals surface area contributed by atoms with E-state index in [4.69, 9.17) is 10.5 Å². The Hall–Kier alpha value is -1.70. The van der Waals surface area contributed by atoms with Gasteiger partial charge in [-0.25, -0.2) is 22.0 Å². The summed E-state index contributed by atoms with van der Waals surface area (Å²) in [5, 5.41) is 0. The van der Waals surface area contributed by atoms with Crippen LogP contribution in [-0.4, -0.2) is 32.5 Å². The van der Waals surface area contributed by atoms with Crippen LogP contribution >= 0.6 is 0 Å². The monoisotopic (exact) mass is 307 g/mol. The van der Waals surface area contributed by atoms with Crippen LogP contribution in [0.25, 0.3) is 0 Å². The van der Waals surface area contributed by atoms with Crippen molar-refractivity contribution < 1.29 is 26.7 Å². The lowest BCUT2D eigenvalue weighted by Crippen LogP contribution is -2.14. The summed E-state index contributed by atoms with van der Waals surface area (Å²) in [5.74, 6) is -3.11. The molecular formula is C12H15F2NO4S. The van der Waals surface area contributed by atoms with Crippen LogP contribution < -0.4 is 5.73 Å². The summed E-state index contributed by atoms with van der Waals surface area (Å²) in [5.41, 5.74) is 4.16. The van der Waals surface area contributed by atoms with Crippen LogP contribution in [0.2, 0.25) is 0 Å². The third kappa shape index (κ3) is 4.44. The Kier molecular flexibility index (Phi) is 5.43. The van der Waals surface area contributed by atoms with E-state index in [2.05, 4.69) is 0 Å². The van der Waals surface area contributed by atoms with Gasteiger partial charge in [-0.15, -0.1) is 0 Å². The Balaban J connectivity index is 2.58. The smallest absolute Gasteiger partial charge is 0.341 e. The number of hydrogen-bond acceptors (Lipinski definition) is 5. The van der Waals surface area contributed by atoms with Gasteiger partial charge in [-0.1, -0.05) is 6.92 Å². The predicted molar refractivity (Wildman–Crippen MR) is 70.0 cm³/mol. The maximum atomic E-state index is 13.4. The molecule has 20 heavy (non-hydrogen) atoms. The Bertz CT molecular complexity index is 602. The molecule has 0 saturated carbocycles. The molecule has 0 aromatic heterocycles. The number of carbonyl (C=O) groups excluding carboxylic acids is 1. The fourth-order valence-electron chi connectivity index (χ4n) is 1.38. The summed E-state index contributed by atoms with van der Waals surface area (Å²) in [6, 6.07) is 1.34. The van der Waals surface area contributed by atoms with Crippen LogP contribution in [0.3, 0.4) is 0 Å². The van der Waals surface area contributed by atoms with Crippen molar-refractivity contribution >= 4 is 21.5 Å². The number of benzene rings is 1. The molecule has 0 spiro atoms. The standard InChI is InChI=1S/C12H15F2NO4S/c1-2-20(17,18)5-3-4-19-12(16)8-6-10(14)11(15)7-9(8)13/h6-7H,2-5,15H2,1H3. The normalized spacial score (nSPS) is 11.3. The molecule has 0 unspecified atom stereocenters. The first kappa shape index (κ1) is 16.4. The highest BCUT2D eigenvalue weighted by molar-refractivity contribution is 7.91. The quantitative estimate of drug-likeness (QED) is 0.489. The van der Waals surface area contributed by atoms with Crippen molar-refractivity contribution in [3.63, 3.8) is 0 Å². The molecule has 0 amide bonds. The molecule has 0 bridgehead atoms. The number of halogens is 2. The maximum Gasteiger partial charge on any atom is 0.341 e. The van der Waals surface area contributed by atoms with Crippen molar-refractivity contribution in [2.24, 2.45) is 0 Å². The van der Waals surface area contributed by atoms with Gasteiger partial charge < -0.3 is 10.5 Å². The van der Waals surface area contributed by atoms with E-state index in [0.29, 0.717) is 12.1 Å². The van der Waals surface area contributed by atoms with Gasteiger partial charge in [-0.3, -0.25) is 0 Å². The zero-order chi connectivity index (χ0) is 15.3. The fraction of sp³-hybridized carbons (Fsp3) is 0.417. The van der Waals surface area contributed by atoms with Crippen LogP contribution in [0.4, 0.5) is 14.5 Å². The number of sulfone groups is 1. The Labute approximate surface area is 115 Å². The summed E-state index contributed by atoms with van der Waals surface area (Å²) < 4.78 is 53.6. The van der Waals surface area contributed by atoms with Gasteiger partial charge >= 0.3 is 5.97 Å². The Morgan fingerprint density at radius 1 is 1.30 bits per heavy atom. The third-order valence-corrected chi connectivity index (χ3v) is 4.37. The first-order valence-electron chi connectivity index (χ1n) is 5.89. The van der Waals surface area contributed by atoms with Gasteiger partial charge in [0.05, 0.1) is 23.6 Å². The minimum absolute atomic E-state index is 0.00124. The number of ether oxygens (including phenoxy) is 1. The van der Waals surface area contributed by atoms with Crippen molar-refractivity contribution in [3.05, 3.63) is 29.3 Å². The van der Waals surface area contributed by atoms with Crippen LogP contribution in [0, 0.1) is 11.6 Å². The zero-order valence-corrected chi connectivity index (χ0v) is 11.7. The second kappa shape index (κ2) is 6.65. The van der Waals surface area contributed by atoms with E-state index in [1.807, 2.05) is 0 Å². The van der Waals surface area contributed by atoms with Crippen molar-refractivity contribution in [2.45, 2.75) is 13.3 Å². The fourth-order valence-corrected chi connectivity index (χ4v) is 2.23. The van der Waals surface area contributed by atoms with E-state index < -0.39 is 38.7 Å². The van der Waals surface area contributed by atoms with Crippen molar-refractivity contribution in [1.82, 2.24) is 0 Å². The number of nitrogens with two attached hydrogens (primary N) is 1. The van der Waals surface area contributed by atoms with Crippen molar-refractivity contribution in [3.8, 4) is 0 Å². The summed E-state index contributed by atoms with van der Waals surface area (Å²) >= 11 is 0. The van der Waals surface area contributed by atoms with E-state index in [1.54, 1.807) is 0 Å². The van der Waals surface area contributed by atoms with Gasteiger partial charge in [-0.2, -0.15) is 0 Å². The molecule has 8 heteroatoms. The molecule has 0 aliphatic heterocycles. The largest absolute Gasteiger partial charge is 0.462 e. The molecule has 0 radical (unpaired) electrons. The Morgan fingerprint density at radius 2 is 1.95 bits per heavy atom. The van der Waals surface area contributed by atoms with Gasteiger partial charge in [0.2, 0.25) is 0 Å². The average molecular weight is 307 g/mol. The van der Waals surface area contributed by atoms with Crippen LogP contribution in [0.1, 0.15) is 23.7 Å². The van der Waals surface area contributed by atoms with Gasteiger partial charge in [0.15, 0.2) is 0 Å². The molecule has 1 aromatic rings. The number of hydrogen-bond donors (Lipinski definition) is 1. The molecule has 0 heterocycles. The molecule has 112 valence electrons. The number of rotatable bonds is 6. The predicted octanol–water partition coefficient (Wildman–Crippen LogP) is 1.53. The molecule has 0 atom stereocenters. The summed E-state index contributed by atoms with van der Waals surface area (Å²) in [6.07, 6.45) is 0.0982.